The topological polar surface area (TPSA) is 103 Å². The van der Waals surface area contributed by atoms with Crippen LogP contribution in [0, 0.1) is 0 Å². The molecule has 0 aliphatic heterocycles. The predicted molar refractivity (Wildman–Crippen MR) is 87.0 cm³/mol. The van der Waals surface area contributed by atoms with Gasteiger partial charge >= 0.3 is 0 Å². The lowest BCUT2D eigenvalue weighted by Gasteiger charge is -2.06. The van der Waals surface area contributed by atoms with Crippen molar-refractivity contribution in [3.05, 3.63) is 48.0 Å². The Balaban J connectivity index is 1.79. The molecule has 0 atom stereocenters. The monoisotopic (exact) mass is 315 g/mol. The van der Waals surface area contributed by atoms with Crippen molar-refractivity contribution >= 4 is 17.8 Å². The van der Waals surface area contributed by atoms with Crippen molar-refractivity contribution in [2.24, 2.45) is 5.10 Å². The molecule has 0 radical (unpaired) electrons. The van der Waals surface area contributed by atoms with Crippen LogP contribution in [0.1, 0.15) is 5.56 Å². The number of amides is 1. The van der Waals surface area contributed by atoms with Crippen LogP contribution in [0.25, 0.3) is 0 Å². The van der Waals surface area contributed by atoms with E-state index in [1.165, 1.54) is 18.3 Å². The molecule has 0 aliphatic rings. The number of hydrazone groups is 1. The molecule has 23 heavy (non-hydrogen) atoms. The number of phenols is 2. The minimum atomic E-state index is -0.319. The zero-order valence-corrected chi connectivity index (χ0v) is 12.5. The van der Waals surface area contributed by atoms with Gasteiger partial charge in [-0.15, -0.1) is 0 Å². The molecule has 4 N–H and O–H groups in total. The Morgan fingerprint density at radius 2 is 1.91 bits per heavy atom. The van der Waals surface area contributed by atoms with Gasteiger partial charge in [-0.3, -0.25) is 4.79 Å². The summed E-state index contributed by atoms with van der Waals surface area (Å²) in [6, 6.07) is 11.4. The second-order valence-corrected chi connectivity index (χ2v) is 4.62. The number of ether oxygens (including phenoxy) is 1. The number of nitrogens with one attached hydrogen (secondary N) is 2. The number of hydrogen-bond acceptors (Lipinski definition) is 6. The van der Waals surface area contributed by atoms with E-state index in [-0.39, 0.29) is 24.0 Å². The van der Waals surface area contributed by atoms with Crippen molar-refractivity contribution in [2.45, 2.75) is 0 Å². The number of benzene rings is 2. The molecule has 7 nitrogen and oxygen atoms in total. The van der Waals surface area contributed by atoms with E-state index >= 15 is 0 Å². The van der Waals surface area contributed by atoms with Gasteiger partial charge < -0.3 is 20.3 Å². The van der Waals surface area contributed by atoms with Crippen LogP contribution in [0.4, 0.5) is 5.69 Å². The van der Waals surface area contributed by atoms with Crippen LogP contribution in [0.15, 0.2) is 47.6 Å². The highest BCUT2D eigenvalue weighted by Crippen LogP contribution is 2.23. The third-order valence-corrected chi connectivity index (χ3v) is 2.95. The summed E-state index contributed by atoms with van der Waals surface area (Å²) in [4.78, 5) is 11.6. The Morgan fingerprint density at radius 3 is 2.57 bits per heavy atom. The lowest BCUT2D eigenvalue weighted by Crippen LogP contribution is -2.25. The van der Waals surface area contributed by atoms with Crippen molar-refractivity contribution in [1.82, 2.24) is 5.43 Å². The molecule has 7 heteroatoms. The van der Waals surface area contributed by atoms with Gasteiger partial charge in [0.2, 0.25) is 0 Å². The summed E-state index contributed by atoms with van der Waals surface area (Å²) >= 11 is 0. The van der Waals surface area contributed by atoms with E-state index in [1.807, 2.05) is 0 Å². The quantitative estimate of drug-likeness (QED) is 0.369. The molecule has 2 rings (SSSR count). The molecule has 2 aromatic rings. The van der Waals surface area contributed by atoms with E-state index in [9.17, 15) is 15.0 Å². The van der Waals surface area contributed by atoms with Crippen LogP contribution in [0.3, 0.4) is 0 Å². The number of nitrogens with zero attached hydrogens (tertiary/aromatic N) is 1. The van der Waals surface area contributed by atoms with Crippen LogP contribution < -0.4 is 15.5 Å². The molecular weight excluding hydrogens is 298 g/mol. The van der Waals surface area contributed by atoms with Crippen LogP contribution in [-0.2, 0) is 4.79 Å². The summed E-state index contributed by atoms with van der Waals surface area (Å²) in [6.07, 6.45) is 1.37. The maximum absolute atomic E-state index is 11.6. The lowest BCUT2D eigenvalue weighted by molar-refractivity contribution is -0.119. The molecule has 0 spiro atoms. The SMILES string of the molecule is COc1ccc(NCC(=O)N/N=C/c2ccc(O)c(O)c2)cc1. The first-order chi connectivity index (χ1) is 11.1. The fourth-order valence-electron chi connectivity index (χ4n) is 1.73. The van der Waals surface area contributed by atoms with Gasteiger partial charge in [-0.25, -0.2) is 5.43 Å². The van der Waals surface area contributed by atoms with Gasteiger partial charge in [0.05, 0.1) is 19.9 Å². The molecule has 0 bridgehead atoms. The summed E-state index contributed by atoms with van der Waals surface area (Å²) in [5, 5.41) is 25.2. The van der Waals surface area contributed by atoms with Crippen molar-refractivity contribution in [1.29, 1.82) is 0 Å². The van der Waals surface area contributed by atoms with Crippen molar-refractivity contribution < 1.29 is 19.7 Å². The average Bonchev–Trinajstić information content (AvgIpc) is 2.56. The molecular formula is C16H17N3O4. The Labute approximate surface area is 133 Å². The second kappa shape index (κ2) is 7.69. The van der Waals surface area contributed by atoms with E-state index in [1.54, 1.807) is 37.4 Å². The molecule has 0 saturated carbocycles. The molecule has 0 aromatic heterocycles. The number of phenolic OH excluding ortho intramolecular Hbond substituents is 2. The van der Waals surface area contributed by atoms with Gasteiger partial charge in [0.1, 0.15) is 5.75 Å². The summed E-state index contributed by atoms with van der Waals surface area (Å²) in [5.41, 5.74) is 3.69. The lowest BCUT2D eigenvalue weighted by atomic mass is 10.2. The minimum Gasteiger partial charge on any atom is -0.504 e. The molecule has 0 fully saturated rings. The standard InChI is InChI=1S/C16H17N3O4/c1-23-13-5-3-12(4-6-13)17-10-16(22)19-18-9-11-2-7-14(20)15(21)8-11/h2-9,17,20-21H,10H2,1H3,(H,19,22)/b18-9+. The maximum atomic E-state index is 11.6. The van der Waals surface area contributed by atoms with Gasteiger partial charge in [-0.1, -0.05) is 0 Å². The molecule has 0 saturated heterocycles. The highest BCUT2D eigenvalue weighted by Gasteiger charge is 2.01. The largest absolute Gasteiger partial charge is 0.504 e. The van der Waals surface area contributed by atoms with Gasteiger partial charge in [0.25, 0.3) is 5.91 Å². The fourth-order valence-corrected chi connectivity index (χ4v) is 1.73. The molecule has 2 aromatic carbocycles. The summed E-state index contributed by atoms with van der Waals surface area (Å²) in [6.45, 7) is 0.0600. The van der Waals surface area contributed by atoms with Gasteiger partial charge in [-0.2, -0.15) is 5.10 Å². The van der Waals surface area contributed by atoms with E-state index < -0.39 is 0 Å². The number of hydrogen-bond donors (Lipinski definition) is 4. The average molecular weight is 315 g/mol. The Hall–Kier alpha value is -3.22. The van der Waals surface area contributed by atoms with Crippen LogP contribution >= 0.6 is 0 Å². The van der Waals surface area contributed by atoms with Crippen LogP contribution in [-0.4, -0.2) is 36.0 Å². The number of methoxy groups -OCH3 is 1. The number of carbonyl (C=O) groups excluding carboxylic acids is 1. The van der Waals surface area contributed by atoms with Crippen molar-refractivity contribution in [2.75, 3.05) is 19.0 Å². The third kappa shape index (κ3) is 4.92. The number of rotatable bonds is 6. The third-order valence-electron chi connectivity index (χ3n) is 2.95. The number of aromatic hydroxyl groups is 2. The fraction of sp³-hybridized carbons (Fsp3) is 0.125. The van der Waals surface area contributed by atoms with Gasteiger partial charge in [0.15, 0.2) is 11.5 Å². The smallest absolute Gasteiger partial charge is 0.259 e. The van der Waals surface area contributed by atoms with E-state index in [2.05, 4.69) is 15.8 Å². The zero-order valence-electron chi connectivity index (χ0n) is 12.5. The van der Waals surface area contributed by atoms with E-state index in [0.29, 0.717) is 5.56 Å². The molecule has 0 aliphatic carbocycles. The molecule has 0 heterocycles. The van der Waals surface area contributed by atoms with Crippen molar-refractivity contribution in [3.63, 3.8) is 0 Å². The minimum absolute atomic E-state index is 0.0600. The van der Waals surface area contributed by atoms with Gasteiger partial charge in [0, 0.05) is 5.69 Å². The molecule has 1 amide bonds. The van der Waals surface area contributed by atoms with E-state index in [4.69, 9.17) is 4.74 Å². The number of carbonyl (C=O) groups is 1. The molecule has 0 unspecified atom stereocenters. The molecule has 120 valence electrons. The Bertz CT molecular complexity index is 699. The Kier molecular flexibility index (Phi) is 5.40. The van der Waals surface area contributed by atoms with Gasteiger partial charge in [-0.05, 0) is 48.0 Å². The van der Waals surface area contributed by atoms with E-state index in [0.717, 1.165) is 11.4 Å². The van der Waals surface area contributed by atoms with Crippen LogP contribution in [0.5, 0.6) is 17.2 Å². The highest BCUT2D eigenvalue weighted by atomic mass is 16.5. The van der Waals surface area contributed by atoms with Crippen LogP contribution in [0.2, 0.25) is 0 Å². The summed E-state index contributed by atoms with van der Waals surface area (Å²) in [7, 11) is 1.59. The first-order valence-corrected chi connectivity index (χ1v) is 6.80. The second-order valence-electron chi connectivity index (χ2n) is 4.62. The van der Waals surface area contributed by atoms with Crippen molar-refractivity contribution in [3.8, 4) is 17.2 Å². The zero-order chi connectivity index (χ0) is 16.7. The maximum Gasteiger partial charge on any atom is 0.259 e. The Morgan fingerprint density at radius 1 is 1.17 bits per heavy atom. The number of anilines is 1. The summed E-state index contributed by atoms with van der Waals surface area (Å²) < 4.78 is 5.05. The normalized spacial score (nSPS) is 10.5. The first kappa shape index (κ1) is 16.2. The first-order valence-electron chi connectivity index (χ1n) is 6.80. The highest BCUT2D eigenvalue weighted by molar-refractivity contribution is 5.84. The predicted octanol–water partition coefficient (Wildman–Crippen LogP) is 1.67. The summed E-state index contributed by atoms with van der Waals surface area (Å²) in [5.74, 6) is -0.0434.